The summed E-state index contributed by atoms with van der Waals surface area (Å²) < 4.78 is 1.99. The van der Waals surface area contributed by atoms with Crippen molar-refractivity contribution >= 4 is 6.29 Å². The van der Waals surface area contributed by atoms with Gasteiger partial charge in [-0.1, -0.05) is 6.07 Å². The van der Waals surface area contributed by atoms with Gasteiger partial charge >= 0.3 is 0 Å². The smallest absolute Gasteiger partial charge is 0.151 e. The van der Waals surface area contributed by atoms with Crippen LogP contribution in [0.25, 0.3) is 5.82 Å². The normalized spacial score (nSPS) is 10.4. The summed E-state index contributed by atoms with van der Waals surface area (Å²) in [5.74, 6) is 0.855. The van der Waals surface area contributed by atoms with Gasteiger partial charge in [-0.15, -0.1) is 0 Å². The van der Waals surface area contributed by atoms with Gasteiger partial charge in [0.05, 0.1) is 0 Å². The quantitative estimate of drug-likeness (QED) is 0.720. The first-order valence-corrected chi connectivity index (χ1v) is 5.20. The number of nitrogens with zero attached hydrogens (tertiary/aromatic N) is 2. The second-order valence-electron chi connectivity index (χ2n) is 3.97. The predicted molar refractivity (Wildman–Crippen MR) is 63.2 cm³/mol. The van der Waals surface area contributed by atoms with Crippen LogP contribution in [0.4, 0.5) is 0 Å². The molecule has 0 saturated carbocycles. The molecule has 0 saturated heterocycles. The Balaban J connectivity index is 2.59. The van der Waals surface area contributed by atoms with E-state index in [1.165, 1.54) is 0 Å². The topological polar surface area (TPSA) is 34.9 Å². The van der Waals surface area contributed by atoms with Crippen LogP contribution >= 0.6 is 0 Å². The Morgan fingerprint density at radius 1 is 1.25 bits per heavy atom. The van der Waals surface area contributed by atoms with Gasteiger partial charge in [-0.3, -0.25) is 4.79 Å². The lowest BCUT2D eigenvalue weighted by Gasteiger charge is -2.08. The number of carbonyl (C=O) groups excluding carboxylic acids is 1. The van der Waals surface area contributed by atoms with E-state index in [1.807, 2.05) is 49.7 Å². The van der Waals surface area contributed by atoms with Crippen molar-refractivity contribution in [1.82, 2.24) is 9.55 Å². The lowest BCUT2D eigenvalue weighted by molar-refractivity contribution is 0.112. The fourth-order valence-electron chi connectivity index (χ4n) is 1.85. The molecule has 0 atom stereocenters. The Kier molecular flexibility index (Phi) is 2.60. The van der Waals surface area contributed by atoms with Crippen molar-refractivity contribution in [3.05, 3.63) is 46.9 Å². The highest BCUT2D eigenvalue weighted by molar-refractivity contribution is 5.77. The van der Waals surface area contributed by atoms with Crippen molar-refractivity contribution in [3.8, 4) is 5.82 Å². The van der Waals surface area contributed by atoms with E-state index >= 15 is 0 Å². The molecule has 2 aromatic heterocycles. The minimum Gasteiger partial charge on any atom is -0.302 e. The number of aryl methyl sites for hydroxylation is 2. The van der Waals surface area contributed by atoms with Crippen molar-refractivity contribution in [2.45, 2.75) is 20.8 Å². The van der Waals surface area contributed by atoms with Gasteiger partial charge in [0.1, 0.15) is 5.82 Å². The zero-order chi connectivity index (χ0) is 11.7. The SMILES string of the molecule is Cc1ccc(-n2c(C)cc(C=O)c2C)nc1. The number of rotatable bonds is 2. The lowest BCUT2D eigenvalue weighted by atomic mass is 10.3. The van der Waals surface area contributed by atoms with Crippen LogP contribution in [-0.4, -0.2) is 15.8 Å². The van der Waals surface area contributed by atoms with Gasteiger partial charge in [0.2, 0.25) is 0 Å². The molecule has 0 N–H and O–H groups in total. The summed E-state index contributed by atoms with van der Waals surface area (Å²) in [6.07, 6.45) is 2.71. The van der Waals surface area contributed by atoms with Gasteiger partial charge in [-0.05, 0) is 38.5 Å². The van der Waals surface area contributed by atoms with Gasteiger partial charge in [0.15, 0.2) is 6.29 Å². The first-order chi connectivity index (χ1) is 7.63. The van der Waals surface area contributed by atoms with Crippen molar-refractivity contribution in [2.24, 2.45) is 0 Å². The van der Waals surface area contributed by atoms with E-state index in [4.69, 9.17) is 0 Å². The average Bonchev–Trinajstić information content (AvgIpc) is 2.56. The van der Waals surface area contributed by atoms with Crippen LogP contribution in [0.1, 0.15) is 27.3 Å². The number of pyridine rings is 1. The van der Waals surface area contributed by atoms with Gasteiger partial charge in [0, 0.05) is 23.1 Å². The number of hydrogen-bond acceptors (Lipinski definition) is 2. The summed E-state index contributed by atoms with van der Waals surface area (Å²) in [6.45, 7) is 5.91. The molecule has 3 heteroatoms. The Bertz CT molecular complexity index is 524. The summed E-state index contributed by atoms with van der Waals surface area (Å²) >= 11 is 0. The molecular weight excluding hydrogens is 200 g/mol. The van der Waals surface area contributed by atoms with Crippen molar-refractivity contribution in [3.63, 3.8) is 0 Å². The summed E-state index contributed by atoms with van der Waals surface area (Å²) in [5.41, 5.74) is 3.81. The molecule has 16 heavy (non-hydrogen) atoms. The maximum absolute atomic E-state index is 10.8. The number of aromatic nitrogens is 2. The minimum absolute atomic E-state index is 0.722. The second kappa shape index (κ2) is 3.93. The fraction of sp³-hybridized carbons (Fsp3) is 0.231. The largest absolute Gasteiger partial charge is 0.302 e. The molecule has 0 unspecified atom stereocenters. The van der Waals surface area contributed by atoms with Crippen molar-refractivity contribution in [2.75, 3.05) is 0 Å². The minimum atomic E-state index is 0.722. The van der Waals surface area contributed by atoms with E-state index < -0.39 is 0 Å². The maximum atomic E-state index is 10.8. The highest BCUT2D eigenvalue weighted by Gasteiger charge is 2.10. The first-order valence-electron chi connectivity index (χ1n) is 5.20. The molecule has 82 valence electrons. The van der Waals surface area contributed by atoms with Crippen LogP contribution in [0.2, 0.25) is 0 Å². The van der Waals surface area contributed by atoms with Crippen LogP contribution in [0.5, 0.6) is 0 Å². The molecule has 3 nitrogen and oxygen atoms in total. The van der Waals surface area contributed by atoms with Crippen LogP contribution in [0.3, 0.4) is 0 Å². The molecule has 0 spiro atoms. The molecule has 0 aliphatic rings. The molecule has 0 amide bonds. The van der Waals surface area contributed by atoms with Crippen LogP contribution in [0.15, 0.2) is 24.4 Å². The molecule has 2 heterocycles. The summed E-state index contributed by atoms with van der Waals surface area (Å²) in [5, 5.41) is 0. The van der Waals surface area contributed by atoms with Crippen molar-refractivity contribution in [1.29, 1.82) is 0 Å². The zero-order valence-electron chi connectivity index (χ0n) is 9.69. The molecular formula is C13H14N2O. The Hall–Kier alpha value is -1.90. The highest BCUT2D eigenvalue weighted by Crippen LogP contribution is 2.18. The van der Waals surface area contributed by atoms with Gasteiger partial charge in [0.25, 0.3) is 0 Å². The molecule has 0 fully saturated rings. The van der Waals surface area contributed by atoms with Crippen LogP contribution in [-0.2, 0) is 0 Å². The first kappa shape index (κ1) is 10.6. The molecule has 0 aliphatic heterocycles. The third-order valence-electron chi connectivity index (χ3n) is 2.72. The third kappa shape index (κ3) is 1.65. The van der Waals surface area contributed by atoms with Crippen LogP contribution < -0.4 is 0 Å². The molecule has 0 aliphatic carbocycles. The van der Waals surface area contributed by atoms with Gasteiger partial charge in [-0.2, -0.15) is 0 Å². The predicted octanol–water partition coefficient (Wildman–Crippen LogP) is 2.61. The lowest BCUT2D eigenvalue weighted by Crippen LogP contribution is -2.02. The summed E-state index contributed by atoms with van der Waals surface area (Å²) in [4.78, 5) is 15.2. The number of carbonyl (C=O) groups is 1. The molecule has 2 rings (SSSR count). The van der Waals surface area contributed by atoms with E-state index in [-0.39, 0.29) is 0 Å². The second-order valence-corrected chi connectivity index (χ2v) is 3.97. The number of aldehydes is 1. The summed E-state index contributed by atoms with van der Waals surface area (Å²) in [6, 6.07) is 5.86. The monoisotopic (exact) mass is 214 g/mol. The van der Waals surface area contributed by atoms with E-state index in [1.54, 1.807) is 0 Å². The molecule has 0 bridgehead atoms. The van der Waals surface area contributed by atoms with E-state index in [9.17, 15) is 4.79 Å². The Morgan fingerprint density at radius 2 is 2.00 bits per heavy atom. The van der Waals surface area contributed by atoms with Gasteiger partial charge in [-0.25, -0.2) is 4.98 Å². The van der Waals surface area contributed by atoms with Gasteiger partial charge < -0.3 is 4.57 Å². The molecule has 0 aromatic carbocycles. The van der Waals surface area contributed by atoms with E-state index in [0.29, 0.717) is 0 Å². The fourth-order valence-corrected chi connectivity index (χ4v) is 1.85. The van der Waals surface area contributed by atoms with Crippen LogP contribution in [0, 0.1) is 20.8 Å². The highest BCUT2D eigenvalue weighted by atomic mass is 16.1. The summed E-state index contributed by atoms with van der Waals surface area (Å²) in [7, 11) is 0. The Morgan fingerprint density at radius 3 is 2.50 bits per heavy atom. The van der Waals surface area contributed by atoms with Crippen molar-refractivity contribution < 1.29 is 4.79 Å². The van der Waals surface area contributed by atoms with E-state index in [0.717, 1.165) is 34.6 Å². The van der Waals surface area contributed by atoms with E-state index in [2.05, 4.69) is 4.98 Å². The molecule has 0 radical (unpaired) electrons. The zero-order valence-corrected chi connectivity index (χ0v) is 9.69. The molecule has 2 aromatic rings. The standard InChI is InChI=1S/C13H14N2O/c1-9-4-5-13(14-7-9)15-10(2)6-12(8-16)11(15)3/h4-8H,1-3H3. The maximum Gasteiger partial charge on any atom is 0.151 e. The number of hydrogen-bond donors (Lipinski definition) is 0. The average molecular weight is 214 g/mol. The Labute approximate surface area is 94.7 Å². The third-order valence-corrected chi connectivity index (χ3v) is 2.72.